The van der Waals surface area contributed by atoms with Crippen LogP contribution in [0.2, 0.25) is 0 Å². The second-order valence-electron chi connectivity index (χ2n) is 6.59. The zero-order valence-corrected chi connectivity index (χ0v) is 13.8. The summed E-state index contributed by atoms with van der Waals surface area (Å²) >= 11 is 0. The minimum atomic E-state index is -0.541. The van der Waals surface area contributed by atoms with Crippen LogP contribution in [0.25, 0.3) is 0 Å². The average molecular weight is 336 g/mol. The molecule has 3 atom stereocenters. The molecule has 1 saturated carbocycles. The monoisotopic (exact) mass is 336 g/mol. The van der Waals surface area contributed by atoms with Crippen molar-refractivity contribution in [2.75, 3.05) is 26.3 Å². The summed E-state index contributed by atoms with van der Waals surface area (Å²) in [6.07, 6.45) is 1.93. The van der Waals surface area contributed by atoms with Crippen LogP contribution in [-0.4, -0.2) is 60.4 Å². The Labute approximate surface area is 141 Å². The number of ether oxygens (including phenoxy) is 1. The molecular formula is C18H25FN2O3. The third-order valence-corrected chi connectivity index (χ3v) is 4.97. The van der Waals surface area contributed by atoms with Crippen LogP contribution >= 0.6 is 0 Å². The number of morpholine rings is 1. The maximum atomic E-state index is 13.1. The molecule has 0 bridgehead atoms. The van der Waals surface area contributed by atoms with Crippen molar-refractivity contribution < 1.29 is 19.0 Å². The van der Waals surface area contributed by atoms with Gasteiger partial charge in [0.1, 0.15) is 5.82 Å². The molecule has 132 valence electrons. The number of amides is 1. The highest BCUT2D eigenvalue weighted by atomic mass is 19.1. The molecule has 2 fully saturated rings. The van der Waals surface area contributed by atoms with Crippen molar-refractivity contribution in [3.8, 4) is 0 Å². The lowest BCUT2D eigenvalue weighted by Crippen LogP contribution is -2.51. The summed E-state index contributed by atoms with van der Waals surface area (Å²) in [6, 6.07) is 6.21. The molecule has 24 heavy (non-hydrogen) atoms. The van der Waals surface area contributed by atoms with Gasteiger partial charge in [-0.3, -0.25) is 9.69 Å². The third kappa shape index (κ3) is 4.32. The molecule has 1 aliphatic carbocycles. The molecule has 2 aliphatic rings. The Bertz CT molecular complexity index is 563. The quantitative estimate of drug-likeness (QED) is 0.845. The molecule has 3 rings (SSSR count). The molecule has 6 heteroatoms. The number of carbonyl (C=O) groups excluding carboxylic acids is 1. The second kappa shape index (κ2) is 8.05. The van der Waals surface area contributed by atoms with E-state index in [1.807, 2.05) is 6.07 Å². The lowest BCUT2D eigenvalue weighted by Gasteiger charge is -2.34. The van der Waals surface area contributed by atoms with Gasteiger partial charge in [-0.1, -0.05) is 12.1 Å². The van der Waals surface area contributed by atoms with Crippen LogP contribution in [0.15, 0.2) is 24.3 Å². The van der Waals surface area contributed by atoms with Crippen molar-refractivity contribution in [3.63, 3.8) is 0 Å². The van der Waals surface area contributed by atoms with Gasteiger partial charge >= 0.3 is 0 Å². The average Bonchev–Trinajstić information content (AvgIpc) is 2.95. The van der Waals surface area contributed by atoms with E-state index in [9.17, 15) is 14.3 Å². The molecule has 1 aliphatic heterocycles. The number of hydrogen-bond donors (Lipinski definition) is 2. The van der Waals surface area contributed by atoms with Crippen molar-refractivity contribution in [2.45, 2.75) is 43.9 Å². The van der Waals surface area contributed by atoms with E-state index in [0.717, 1.165) is 31.5 Å². The van der Waals surface area contributed by atoms with Crippen molar-refractivity contribution in [3.05, 3.63) is 35.6 Å². The van der Waals surface area contributed by atoms with E-state index in [2.05, 4.69) is 10.2 Å². The van der Waals surface area contributed by atoms with E-state index in [0.29, 0.717) is 26.1 Å². The Morgan fingerprint density at radius 3 is 2.88 bits per heavy atom. The van der Waals surface area contributed by atoms with Gasteiger partial charge in [-0.15, -0.1) is 0 Å². The highest BCUT2D eigenvalue weighted by Crippen LogP contribution is 2.25. The van der Waals surface area contributed by atoms with Gasteiger partial charge in [-0.25, -0.2) is 4.39 Å². The minimum absolute atomic E-state index is 0.0917. The van der Waals surface area contributed by atoms with Crippen molar-refractivity contribution in [2.24, 2.45) is 0 Å². The normalized spacial score (nSPS) is 28.0. The Morgan fingerprint density at radius 1 is 1.33 bits per heavy atom. The van der Waals surface area contributed by atoms with Crippen LogP contribution in [-0.2, 0) is 16.0 Å². The predicted octanol–water partition coefficient (Wildman–Crippen LogP) is 1.10. The number of carbonyl (C=O) groups is 1. The minimum Gasteiger partial charge on any atom is -0.389 e. The second-order valence-corrected chi connectivity index (χ2v) is 6.59. The molecule has 1 heterocycles. The first-order valence-electron chi connectivity index (χ1n) is 8.67. The molecule has 0 spiro atoms. The third-order valence-electron chi connectivity index (χ3n) is 4.97. The smallest absolute Gasteiger partial charge is 0.220 e. The van der Waals surface area contributed by atoms with Crippen LogP contribution in [0.4, 0.5) is 4.39 Å². The number of benzene rings is 1. The molecule has 0 aromatic heterocycles. The Hall–Kier alpha value is -1.50. The first-order valence-corrected chi connectivity index (χ1v) is 8.67. The van der Waals surface area contributed by atoms with Gasteiger partial charge in [0.05, 0.1) is 25.4 Å². The molecular weight excluding hydrogens is 311 g/mol. The summed E-state index contributed by atoms with van der Waals surface area (Å²) in [7, 11) is 0. The first kappa shape index (κ1) is 17.3. The maximum absolute atomic E-state index is 13.1. The predicted molar refractivity (Wildman–Crippen MR) is 88.1 cm³/mol. The standard InChI is InChI=1S/C18H25FN2O3/c19-14-3-1-2-13(12-14)4-7-17(22)20-15-5-6-16(18(15)23)21-8-10-24-11-9-21/h1-3,12,15-16,18,23H,4-11H2,(H,20,22)/t15-,16-,18-/m1/s1. The van der Waals surface area contributed by atoms with Crippen LogP contribution in [0.3, 0.4) is 0 Å². The van der Waals surface area contributed by atoms with Crippen molar-refractivity contribution in [1.82, 2.24) is 10.2 Å². The molecule has 0 radical (unpaired) electrons. The number of aryl methyl sites for hydroxylation is 1. The zero-order valence-electron chi connectivity index (χ0n) is 13.8. The summed E-state index contributed by atoms with van der Waals surface area (Å²) in [5, 5.41) is 13.5. The number of rotatable bonds is 5. The lowest BCUT2D eigenvalue weighted by atomic mass is 10.1. The van der Waals surface area contributed by atoms with E-state index in [1.165, 1.54) is 12.1 Å². The Kier molecular flexibility index (Phi) is 5.81. The SMILES string of the molecule is O=C(CCc1cccc(F)c1)N[C@@H]1CC[C@@H](N2CCOCC2)[C@@H]1O. The van der Waals surface area contributed by atoms with E-state index in [1.54, 1.807) is 6.07 Å². The van der Waals surface area contributed by atoms with Crippen LogP contribution in [0, 0.1) is 5.82 Å². The van der Waals surface area contributed by atoms with Gasteiger partial charge < -0.3 is 15.2 Å². The number of nitrogens with zero attached hydrogens (tertiary/aromatic N) is 1. The number of nitrogens with one attached hydrogen (secondary N) is 1. The Balaban J connectivity index is 1.46. The highest BCUT2D eigenvalue weighted by molar-refractivity contribution is 5.76. The molecule has 5 nitrogen and oxygen atoms in total. The van der Waals surface area contributed by atoms with Gasteiger partial charge in [0.25, 0.3) is 0 Å². The van der Waals surface area contributed by atoms with Crippen LogP contribution < -0.4 is 5.32 Å². The summed E-state index contributed by atoms with van der Waals surface area (Å²) in [4.78, 5) is 14.4. The molecule has 2 N–H and O–H groups in total. The topological polar surface area (TPSA) is 61.8 Å². The van der Waals surface area contributed by atoms with Gasteiger partial charge in [-0.2, -0.15) is 0 Å². The van der Waals surface area contributed by atoms with E-state index >= 15 is 0 Å². The fraction of sp³-hybridized carbons (Fsp3) is 0.611. The van der Waals surface area contributed by atoms with E-state index in [-0.39, 0.29) is 23.8 Å². The van der Waals surface area contributed by atoms with Crippen LogP contribution in [0.5, 0.6) is 0 Å². The fourth-order valence-electron chi connectivity index (χ4n) is 3.65. The first-order chi connectivity index (χ1) is 11.6. The zero-order chi connectivity index (χ0) is 16.9. The van der Waals surface area contributed by atoms with Crippen molar-refractivity contribution >= 4 is 5.91 Å². The summed E-state index contributed by atoms with van der Waals surface area (Å²) in [5.74, 6) is -0.376. The summed E-state index contributed by atoms with van der Waals surface area (Å²) < 4.78 is 18.5. The number of halogens is 1. The Morgan fingerprint density at radius 2 is 2.12 bits per heavy atom. The number of aliphatic hydroxyl groups excluding tert-OH is 1. The van der Waals surface area contributed by atoms with Crippen molar-refractivity contribution in [1.29, 1.82) is 0 Å². The molecule has 1 aromatic carbocycles. The van der Waals surface area contributed by atoms with Gasteiger partial charge in [0.15, 0.2) is 0 Å². The number of hydrogen-bond acceptors (Lipinski definition) is 4. The fourth-order valence-corrected chi connectivity index (χ4v) is 3.65. The van der Waals surface area contributed by atoms with E-state index < -0.39 is 6.10 Å². The molecule has 0 unspecified atom stereocenters. The lowest BCUT2D eigenvalue weighted by molar-refractivity contribution is -0.122. The molecule has 1 saturated heterocycles. The summed E-state index contributed by atoms with van der Waals surface area (Å²) in [6.45, 7) is 3.08. The molecule has 1 aromatic rings. The van der Waals surface area contributed by atoms with Crippen LogP contribution in [0.1, 0.15) is 24.8 Å². The highest BCUT2D eigenvalue weighted by Gasteiger charge is 2.39. The van der Waals surface area contributed by atoms with Gasteiger partial charge in [0, 0.05) is 25.6 Å². The summed E-state index contributed by atoms with van der Waals surface area (Å²) in [5.41, 5.74) is 0.809. The maximum Gasteiger partial charge on any atom is 0.220 e. The largest absolute Gasteiger partial charge is 0.389 e. The van der Waals surface area contributed by atoms with Gasteiger partial charge in [-0.05, 0) is 37.0 Å². The van der Waals surface area contributed by atoms with E-state index in [4.69, 9.17) is 4.74 Å². The van der Waals surface area contributed by atoms with Gasteiger partial charge in [0.2, 0.25) is 5.91 Å². The molecule has 1 amide bonds. The number of aliphatic hydroxyl groups is 1.